The first kappa shape index (κ1) is 35.6. The van der Waals surface area contributed by atoms with E-state index in [0.717, 1.165) is 34.6 Å². The summed E-state index contributed by atoms with van der Waals surface area (Å²) in [5.74, 6) is -4.29. The lowest BCUT2D eigenvalue weighted by molar-refractivity contribution is -0.343. The highest BCUT2D eigenvalue weighted by Crippen LogP contribution is 2.34. The second kappa shape index (κ2) is 16.9. The van der Waals surface area contributed by atoms with E-state index in [1.807, 2.05) is 0 Å². The Morgan fingerprint density at radius 2 is 1.14 bits per heavy atom. The standard InChI is InChI=1S/C27H38O16/c1-8-9-34-27-26(40-18(7)33)25(39-17(6)32)24(21(42-27)12-36-14(3)29)43-22-10-19(37-15(4)30)23(38-16(5)31)20(41-22)11-35-13(2)28/h8,19-27H,1,9-12H2,2-7H3. The summed E-state index contributed by atoms with van der Waals surface area (Å²) in [6.45, 7) is 9.54. The summed E-state index contributed by atoms with van der Waals surface area (Å²) in [6, 6.07) is 0. The Bertz CT molecular complexity index is 1030. The van der Waals surface area contributed by atoms with Crippen LogP contribution in [0.5, 0.6) is 0 Å². The van der Waals surface area contributed by atoms with Crippen molar-refractivity contribution in [2.24, 2.45) is 0 Å². The smallest absolute Gasteiger partial charge is 0.303 e. The Kier molecular flexibility index (Phi) is 14.0. The van der Waals surface area contributed by atoms with Crippen LogP contribution in [0.4, 0.5) is 0 Å². The van der Waals surface area contributed by atoms with Crippen molar-refractivity contribution in [2.45, 2.75) is 103 Å². The van der Waals surface area contributed by atoms with Gasteiger partial charge in [0.15, 0.2) is 30.9 Å². The lowest BCUT2D eigenvalue weighted by Crippen LogP contribution is -2.64. The average Bonchev–Trinajstić information content (AvgIpc) is 2.88. The van der Waals surface area contributed by atoms with Crippen LogP contribution in [0.3, 0.4) is 0 Å². The largest absolute Gasteiger partial charge is 0.463 e. The van der Waals surface area contributed by atoms with Gasteiger partial charge >= 0.3 is 35.8 Å². The number of carbonyl (C=O) groups excluding carboxylic acids is 6. The third-order valence-electron chi connectivity index (χ3n) is 5.89. The minimum Gasteiger partial charge on any atom is -0.463 e. The average molecular weight is 619 g/mol. The van der Waals surface area contributed by atoms with Crippen molar-refractivity contribution in [3.63, 3.8) is 0 Å². The zero-order valence-electron chi connectivity index (χ0n) is 24.8. The molecule has 9 unspecified atom stereocenters. The predicted molar refractivity (Wildman–Crippen MR) is 138 cm³/mol. The van der Waals surface area contributed by atoms with Gasteiger partial charge in [0, 0.05) is 48.0 Å². The first-order valence-electron chi connectivity index (χ1n) is 13.4. The maximum atomic E-state index is 12.2. The minimum atomic E-state index is -1.39. The van der Waals surface area contributed by atoms with Crippen LogP contribution in [0.2, 0.25) is 0 Å². The molecule has 43 heavy (non-hydrogen) atoms. The first-order chi connectivity index (χ1) is 20.2. The molecule has 0 saturated carbocycles. The monoisotopic (exact) mass is 618 g/mol. The van der Waals surface area contributed by atoms with E-state index in [1.165, 1.54) is 13.0 Å². The van der Waals surface area contributed by atoms with Crippen molar-refractivity contribution >= 4 is 35.8 Å². The molecule has 16 nitrogen and oxygen atoms in total. The number of hydrogen-bond acceptors (Lipinski definition) is 16. The van der Waals surface area contributed by atoms with Gasteiger partial charge in [-0.05, 0) is 0 Å². The number of rotatable bonds is 13. The zero-order chi connectivity index (χ0) is 32.3. The Morgan fingerprint density at radius 1 is 0.651 bits per heavy atom. The van der Waals surface area contributed by atoms with Gasteiger partial charge in [-0.2, -0.15) is 0 Å². The molecule has 2 aliphatic heterocycles. The van der Waals surface area contributed by atoms with Crippen LogP contribution in [0, 0.1) is 0 Å². The van der Waals surface area contributed by atoms with Crippen LogP contribution in [0.25, 0.3) is 0 Å². The van der Waals surface area contributed by atoms with Gasteiger partial charge in [-0.1, -0.05) is 6.08 Å². The number of carbonyl (C=O) groups is 6. The van der Waals surface area contributed by atoms with Crippen LogP contribution in [0.1, 0.15) is 48.0 Å². The molecule has 0 aromatic rings. The molecule has 0 aliphatic carbocycles. The fourth-order valence-electron chi connectivity index (χ4n) is 4.48. The van der Waals surface area contributed by atoms with Crippen molar-refractivity contribution in [3.05, 3.63) is 12.7 Å². The fourth-order valence-corrected chi connectivity index (χ4v) is 4.48. The number of ether oxygens (including phenoxy) is 10. The van der Waals surface area contributed by atoms with Gasteiger partial charge in [-0.3, -0.25) is 28.8 Å². The minimum absolute atomic E-state index is 0.0494. The topological polar surface area (TPSA) is 195 Å². The number of hydrogen-bond donors (Lipinski definition) is 0. The highest BCUT2D eigenvalue weighted by molar-refractivity contribution is 5.68. The van der Waals surface area contributed by atoms with Gasteiger partial charge in [0.05, 0.1) is 6.61 Å². The van der Waals surface area contributed by atoms with E-state index in [-0.39, 0.29) is 13.0 Å². The molecule has 0 N–H and O–H groups in total. The van der Waals surface area contributed by atoms with E-state index in [9.17, 15) is 28.8 Å². The zero-order valence-corrected chi connectivity index (χ0v) is 24.8. The molecule has 0 bridgehead atoms. The predicted octanol–water partition coefficient (Wildman–Crippen LogP) is 0.267. The molecule has 16 heteroatoms. The molecular formula is C27H38O16. The van der Waals surface area contributed by atoms with E-state index in [0.29, 0.717) is 0 Å². The Balaban J connectivity index is 2.51. The van der Waals surface area contributed by atoms with Gasteiger partial charge in [0.1, 0.15) is 37.6 Å². The van der Waals surface area contributed by atoms with Gasteiger partial charge in [0.2, 0.25) is 0 Å². The molecule has 0 radical (unpaired) electrons. The normalized spacial score (nSPS) is 30.2. The van der Waals surface area contributed by atoms with Crippen molar-refractivity contribution in [1.29, 1.82) is 0 Å². The van der Waals surface area contributed by atoms with Crippen molar-refractivity contribution < 1.29 is 76.1 Å². The van der Waals surface area contributed by atoms with Crippen LogP contribution >= 0.6 is 0 Å². The molecule has 0 aromatic heterocycles. The van der Waals surface area contributed by atoms with Crippen molar-refractivity contribution in [3.8, 4) is 0 Å². The SMILES string of the molecule is C=CCOC1OC(COC(C)=O)C(OC2CC(OC(C)=O)C(OC(C)=O)C(COC(C)=O)O2)C(OC(C)=O)C1OC(C)=O. The lowest BCUT2D eigenvalue weighted by atomic mass is 9.97. The molecule has 2 rings (SSSR count). The van der Waals surface area contributed by atoms with E-state index >= 15 is 0 Å². The van der Waals surface area contributed by atoms with E-state index in [1.54, 1.807) is 0 Å². The molecule has 0 aromatic carbocycles. The number of esters is 6. The maximum Gasteiger partial charge on any atom is 0.303 e. The molecule has 0 amide bonds. The second-order valence-corrected chi connectivity index (χ2v) is 9.58. The van der Waals surface area contributed by atoms with E-state index in [4.69, 9.17) is 47.4 Å². The van der Waals surface area contributed by atoms with Crippen LogP contribution in [-0.4, -0.2) is 111 Å². The molecule has 2 aliphatic rings. The molecular weight excluding hydrogens is 580 g/mol. The summed E-state index contributed by atoms with van der Waals surface area (Å²) in [4.78, 5) is 71.2. The quantitative estimate of drug-likeness (QED) is 0.155. The molecule has 242 valence electrons. The second-order valence-electron chi connectivity index (χ2n) is 9.58. The maximum absolute atomic E-state index is 12.2. The summed E-state index contributed by atoms with van der Waals surface area (Å²) in [5, 5.41) is 0. The first-order valence-corrected chi connectivity index (χ1v) is 13.4. The Hall–Kier alpha value is -3.60. The third-order valence-corrected chi connectivity index (χ3v) is 5.89. The van der Waals surface area contributed by atoms with Gasteiger partial charge < -0.3 is 47.4 Å². The molecule has 2 fully saturated rings. The Labute approximate surface area is 248 Å². The lowest BCUT2D eigenvalue weighted by Gasteiger charge is -2.47. The van der Waals surface area contributed by atoms with E-state index in [2.05, 4.69) is 6.58 Å². The van der Waals surface area contributed by atoms with Gasteiger partial charge in [-0.15, -0.1) is 6.58 Å². The summed E-state index contributed by atoms with van der Waals surface area (Å²) < 4.78 is 55.7. The summed E-state index contributed by atoms with van der Waals surface area (Å²) in [7, 11) is 0. The molecule has 2 heterocycles. The fraction of sp³-hybridized carbons (Fsp3) is 0.704. The highest BCUT2D eigenvalue weighted by atomic mass is 16.8. The third kappa shape index (κ3) is 11.5. The van der Waals surface area contributed by atoms with E-state index < -0.39 is 104 Å². The van der Waals surface area contributed by atoms with Gasteiger partial charge in [-0.25, -0.2) is 0 Å². The summed E-state index contributed by atoms with van der Waals surface area (Å²) in [5.41, 5.74) is 0. The Morgan fingerprint density at radius 3 is 1.63 bits per heavy atom. The van der Waals surface area contributed by atoms with Crippen LogP contribution in [0.15, 0.2) is 12.7 Å². The van der Waals surface area contributed by atoms with Crippen molar-refractivity contribution in [1.82, 2.24) is 0 Å². The summed E-state index contributed by atoms with van der Waals surface area (Å²) in [6.07, 6.45) is -10.2. The van der Waals surface area contributed by atoms with Crippen LogP contribution < -0.4 is 0 Å². The molecule has 0 spiro atoms. The highest BCUT2D eigenvalue weighted by Gasteiger charge is 2.54. The van der Waals surface area contributed by atoms with Crippen molar-refractivity contribution in [2.75, 3.05) is 19.8 Å². The van der Waals surface area contributed by atoms with Crippen LogP contribution in [-0.2, 0) is 76.1 Å². The molecule has 9 atom stereocenters. The molecule has 2 saturated heterocycles. The summed E-state index contributed by atoms with van der Waals surface area (Å²) >= 11 is 0. The van der Waals surface area contributed by atoms with Gasteiger partial charge in [0.25, 0.3) is 0 Å².